The van der Waals surface area contributed by atoms with Gasteiger partial charge in [0.15, 0.2) is 0 Å². The number of carbonyl (C=O) groups is 1. The summed E-state index contributed by atoms with van der Waals surface area (Å²) in [5.74, 6) is -0.112. The van der Waals surface area contributed by atoms with E-state index in [1.165, 1.54) is 5.56 Å². The zero-order chi connectivity index (χ0) is 14.5. The monoisotopic (exact) mass is 272 g/mol. The highest BCUT2D eigenvalue weighted by molar-refractivity contribution is 5.92. The van der Waals surface area contributed by atoms with Crippen LogP contribution < -0.4 is 11.1 Å². The van der Waals surface area contributed by atoms with Gasteiger partial charge in [-0.3, -0.25) is 9.48 Å². The van der Waals surface area contributed by atoms with E-state index in [4.69, 9.17) is 5.73 Å². The summed E-state index contributed by atoms with van der Waals surface area (Å²) in [5, 5.41) is 7.06. The van der Waals surface area contributed by atoms with Crippen LogP contribution in [0.5, 0.6) is 0 Å². The molecule has 0 aliphatic carbocycles. The van der Waals surface area contributed by atoms with Gasteiger partial charge in [-0.15, -0.1) is 0 Å². The molecule has 1 heterocycles. The number of hydrogen-bond donors (Lipinski definition) is 2. The second-order valence-corrected chi connectivity index (χ2v) is 4.83. The van der Waals surface area contributed by atoms with Gasteiger partial charge in [0.05, 0.1) is 5.69 Å². The maximum Gasteiger partial charge on any atom is 0.269 e. The van der Waals surface area contributed by atoms with Crippen LogP contribution in [0.15, 0.2) is 30.3 Å². The van der Waals surface area contributed by atoms with Crippen molar-refractivity contribution in [3.63, 3.8) is 0 Å². The minimum atomic E-state index is -0.112. The second kappa shape index (κ2) is 6.34. The number of nitrogens with zero attached hydrogens (tertiary/aromatic N) is 2. The summed E-state index contributed by atoms with van der Waals surface area (Å²) >= 11 is 0. The van der Waals surface area contributed by atoms with Crippen LogP contribution in [0, 0.1) is 6.92 Å². The SMILES string of the molecule is Cc1cc(C(=O)NCc2ccc(CCN)cc2)n(C)n1. The maximum atomic E-state index is 12.0. The van der Waals surface area contributed by atoms with E-state index < -0.39 is 0 Å². The van der Waals surface area contributed by atoms with Crippen molar-refractivity contribution < 1.29 is 4.79 Å². The molecular weight excluding hydrogens is 252 g/mol. The van der Waals surface area contributed by atoms with Gasteiger partial charge in [-0.05, 0) is 37.1 Å². The Hall–Kier alpha value is -2.14. The minimum absolute atomic E-state index is 0.112. The molecule has 106 valence electrons. The quantitative estimate of drug-likeness (QED) is 0.858. The molecule has 0 saturated heterocycles. The fourth-order valence-electron chi connectivity index (χ4n) is 2.09. The summed E-state index contributed by atoms with van der Waals surface area (Å²) in [7, 11) is 1.77. The zero-order valence-electron chi connectivity index (χ0n) is 11.9. The number of carbonyl (C=O) groups excluding carboxylic acids is 1. The molecule has 3 N–H and O–H groups in total. The Balaban J connectivity index is 1.94. The van der Waals surface area contributed by atoms with E-state index in [-0.39, 0.29) is 5.91 Å². The normalized spacial score (nSPS) is 10.6. The molecule has 5 heteroatoms. The van der Waals surface area contributed by atoms with Gasteiger partial charge in [0, 0.05) is 13.6 Å². The summed E-state index contributed by atoms with van der Waals surface area (Å²) in [6.07, 6.45) is 0.876. The molecule has 0 unspecified atom stereocenters. The fraction of sp³-hybridized carbons (Fsp3) is 0.333. The Morgan fingerprint density at radius 2 is 1.95 bits per heavy atom. The lowest BCUT2D eigenvalue weighted by atomic mass is 10.1. The van der Waals surface area contributed by atoms with E-state index in [0.29, 0.717) is 18.8 Å². The highest BCUT2D eigenvalue weighted by Gasteiger charge is 2.10. The molecule has 1 aromatic heterocycles. The molecule has 0 atom stereocenters. The van der Waals surface area contributed by atoms with E-state index >= 15 is 0 Å². The topological polar surface area (TPSA) is 72.9 Å². The Kier molecular flexibility index (Phi) is 4.53. The van der Waals surface area contributed by atoms with Crippen molar-refractivity contribution >= 4 is 5.91 Å². The highest BCUT2D eigenvalue weighted by Crippen LogP contribution is 2.06. The lowest BCUT2D eigenvalue weighted by molar-refractivity contribution is 0.0941. The second-order valence-electron chi connectivity index (χ2n) is 4.83. The molecular formula is C15H20N4O. The van der Waals surface area contributed by atoms with E-state index in [0.717, 1.165) is 17.7 Å². The van der Waals surface area contributed by atoms with Crippen LogP contribution in [0.1, 0.15) is 27.3 Å². The molecule has 0 fully saturated rings. The smallest absolute Gasteiger partial charge is 0.269 e. The van der Waals surface area contributed by atoms with Gasteiger partial charge in [-0.25, -0.2) is 0 Å². The summed E-state index contributed by atoms with van der Waals surface area (Å²) in [6.45, 7) is 3.02. The van der Waals surface area contributed by atoms with Crippen molar-refractivity contribution in [1.29, 1.82) is 0 Å². The first-order chi connectivity index (χ1) is 9.60. The van der Waals surface area contributed by atoms with E-state index in [1.807, 2.05) is 31.2 Å². The molecule has 2 rings (SSSR count). The Bertz CT molecular complexity index is 586. The van der Waals surface area contributed by atoms with Crippen LogP contribution in [-0.4, -0.2) is 22.2 Å². The Labute approximate surface area is 118 Å². The van der Waals surface area contributed by atoms with Crippen LogP contribution in [0.25, 0.3) is 0 Å². The van der Waals surface area contributed by atoms with Crippen molar-refractivity contribution in [3.05, 3.63) is 52.8 Å². The van der Waals surface area contributed by atoms with Crippen LogP contribution in [0.3, 0.4) is 0 Å². The summed E-state index contributed by atoms with van der Waals surface area (Å²) < 4.78 is 1.59. The molecule has 1 aromatic carbocycles. The Morgan fingerprint density at radius 1 is 1.30 bits per heavy atom. The Morgan fingerprint density at radius 3 is 2.50 bits per heavy atom. The van der Waals surface area contributed by atoms with Crippen LogP contribution >= 0.6 is 0 Å². The number of benzene rings is 1. The third-order valence-corrected chi connectivity index (χ3v) is 3.14. The van der Waals surface area contributed by atoms with E-state index in [1.54, 1.807) is 17.8 Å². The van der Waals surface area contributed by atoms with Gasteiger partial charge < -0.3 is 11.1 Å². The molecule has 20 heavy (non-hydrogen) atoms. The highest BCUT2D eigenvalue weighted by atomic mass is 16.2. The van der Waals surface area contributed by atoms with Gasteiger partial charge in [-0.1, -0.05) is 24.3 Å². The van der Waals surface area contributed by atoms with Crippen molar-refractivity contribution in [2.75, 3.05) is 6.54 Å². The third-order valence-electron chi connectivity index (χ3n) is 3.14. The molecule has 0 saturated carbocycles. The predicted octanol–water partition coefficient (Wildman–Crippen LogP) is 1.16. The van der Waals surface area contributed by atoms with Crippen molar-refractivity contribution in [2.45, 2.75) is 19.9 Å². The lowest BCUT2D eigenvalue weighted by Gasteiger charge is -2.06. The number of nitrogens with two attached hydrogens (primary N) is 1. The molecule has 0 spiro atoms. The first kappa shape index (κ1) is 14.3. The van der Waals surface area contributed by atoms with Gasteiger partial charge in [-0.2, -0.15) is 5.10 Å². The number of amides is 1. The van der Waals surface area contributed by atoms with E-state index in [2.05, 4.69) is 10.4 Å². The number of nitrogens with one attached hydrogen (secondary N) is 1. The van der Waals surface area contributed by atoms with Gasteiger partial charge in [0.2, 0.25) is 0 Å². The average molecular weight is 272 g/mol. The molecule has 2 aromatic rings. The summed E-state index contributed by atoms with van der Waals surface area (Å²) in [5.41, 5.74) is 9.20. The molecule has 0 aliphatic heterocycles. The summed E-state index contributed by atoms with van der Waals surface area (Å²) in [6, 6.07) is 9.89. The van der Waals surface area contributed by atoms with E-state index in [9.17, 15) is 4.79 Å². The number of hydrogen-bond acceptors (Lipinski definition) is 3. The zero-order valence-corrected chi connectivity index (χ0v) is 11.9. The van der Waals surface area contributed by atoms with Crippen molar-refractivity contribution in [1.82, 2.24) is 15.1 Å². The maximum absolute atomic E-state index is 12.0. The first-order valence-corrected chi connectivity index (χ1v) is 6.67. The largest absolute Gasteiger partial charge is 0.347 e. The molecule has 0 bridgehead atoms. The molecule has 1 amide bonds. The minimum Gasteiger partial charge on any atom is -0.347 e. The average Bonchev–Trinajstić information content (AvgIpc) is 2.77. The standard InChI is InChI=1S/C15H20N4O/c1-11-9-14(19(2)18-11)15(20)17-10-13-5-3-12(4-6-13)7-8-16/h3-6,9H,7-8,10,16H2,1-2H3,(H,17,20). The fourth-order valence-corrected chi connectivity index (χ4v) is 2.09. The van der Waals surface area contributed by atoms with Crippen molar-refractivity contribution in [2.24, 2.45) is 12.8 Å². The number of rotatable bonds is 5. The predicted molar refractivity (Wildman–Crippen MR) is 78.3 cm³/mol. The molecule has 0 radical (unpaired) electrons. The molecule has 0 aliphatic rings. The van der Waals surface area contributed by atoms with Crippen LogP contribution in [0.2, 0.25) is 0 Å². The number of aromatic nitrogens is 2. The summed E-state index contributed by atoms with van der Waals surface area (Å²) in [4.78, 5) is 12.0. The lowest BCUT2D eigenvalue weighted by Crippen LogP contribution is -2.25. The number of aryl methyl sites for hydroxylation is 2. The van der Waals surface area contributed by atoms with Gasteiger partial charge in [0.1, 0.15) is 5.69 Å². The van der Waals surface area contributed by atoms with Crippen LogP contribution in [0.4, 0.5) is 0 Å². The van der Waals surface area contributed by atoms with Crippen LogP contribution in [-0.2, 0) is 20.0 Å². The van der Waals surface area contributed by atoms with Crippen molar-refractivity contribution in [3.8, 4) is 0 Å². The van der Waals surface area contributed by atoms with Gasteiger partial charge >= 0.3 is 0 Å². The molecule has 5 nitrogen and oxygen atoms in total. The van der Waals surface area contributed by atoms with Gasteiger partial charge in [0.25, 0.3) is 5.91 Å². The third kappa shape index (κ3) is 3.45. The first-order valence-electron chi connectivity index (χ1n) is 6.67.